The maximum absolute atomic E-state index is 13.8. The molecule has 0 aliphatic heterocycles. The van der Waals surface area contributed by atoms with Gasteiger partial charge in [-0.1, -0.05) is 0 Å². The number of carboxylic acids is 1. The highest BCUT2D eigenvalue weighted by Gasteiger charge is 2.21. The lowest BCUT2D eigenvalue weighted by Gasteiger charge is -2.18. The van der Waals surface area contributed by atoms with E-state index in [0.717, 1.165) is 0 Å². The van der Waals surface area contributed by atoms with E-state index < -0.39 is 17.8 Å². The molecule has 0 aliphatic rings. The van der Waals surface area contributed by atoms with Crippen molar-refractivity contribution in [1.82, 2.24) is 0 Å². The van der Waals surface area contributed by atoms with Crippen molar-refractivity contribution in [2.45, 2.75) is 18.9 Å². The van der Waals surface area contributed by atoms with E-state index in [-0.39, 0.29) is 24.2 Å². The molecule has 0 bridgehead atoms. The highest BCUT2D eigenvalue weighted by Crippen LogP contribution is 2.37. The van der Waals surface area contributed by atoms with Crippen LogP contribution >= 0.6 is 0 Å². The van der Waals surface area contributed by atoms with Crippen LogP contribution in [-0.4, -0.2) is 25.3 Å². The second-order valence-corrected chi connectivity index (χ2v) is 3.74. The molecule has 1 aromatic rings. The lowest BCUT2D eigenvalue weighted by Crippen LogP contribution is -2.15. The average molecular weight is 257 g/mol. The molecule has 0 radical (unpaired) electrons. The van der Waals surface area contributed by atoms with Gasteiger partial charge in [0.1, 0.15) is 5.82 Å². The zero-order valence-electron chi connectivity index (χ0n) is 10.3. The van der Waals surface area contributed by atoms with Crippen LogP contribution in [0.5, 0.6) is 11.5 Å². The Morgan fingerprint density at radius 3 is 2.61 bits per heavy atom. The summed E-state index contributed by atoms with van der Waals surface area (Å²) < 4.78 is 23.9. The summed E-state index contributed by atoms with van der Waals surface area (Å²) in [5.41, 5.74) is 5.94. The molecule has 1 unspecified atom stereocenters. The van der Waals surface area contributed by atoms with Gasteiger partial charge in [0, 0.05) is 12.5 Å². The predicted molar refractivity (Wildman–Crippen MR) is 63.3 cm³/mol. The summed E-state index contributed by atoms with van der Waals surface area (Å²) >= 11 is 0. The summed E-state index contributed by atoms with van der Waals surface area (Å²) in [6, 6.07) is 1.89. The lowest BCUT2D eigenvalue weighted by molar-refractivity contribution is -0.137. The monoisotopic (exact) mass is 257 g/mol. The lowest BCUT2D eigenvalue weighted by atomic mass is 10.0. The number of halogens is 1. The largest absolute Gasteiger partial charge is 0.493 e. The Labute approximate surface area is 104 Å². The van der Waals surface area contributed by atoms with Crippen LogP contribution in [0.3, 0.4) is 0 Å². The number of rotatable bonds is 6. The fraction of sp³-hybridized carbons (Fsp3) is 0.417. The third kappa shape index (κ3) is 3.10. The Bertz CT molecular complexity index is 436. The molecule has 18 heavy (non-hydrogen) atoms. The summed E-state index contributed by atoms with van der Waals surface area (Å²) in [5, 5.41) is 8.60. The molecule has 0 aliphatic carbocycles. The van der Waals surface area contributed by atoms with Crippen LogP contribution in [0.2, 0.25) is 0 Å². The molecular weight excluding hydrogens is 241 g/mol. The second-order valence-electron chi connectivity index (χ2n) is 3.74. The molecule has 1 rings (SSSR count). The van der Waals surface area contributed by atoms with Crippen molar-refractivity contribution in [3.8, 4) is 11.5 Å². The minimum absolute atomic E-state index is 0.121. The van der Waals surface area contributed by atoms with Gasteiger partial charge >= 0.3 is 5.97 Å². The van der Waals surface area contributed by atoms with E-state index in [1.54, 1.807) is 0 Å². The van der Waals surface area contributed by atoms with E-state index in [0.29, 0.717) is 5.75 Å². The van der Waals surface area contributed by atoms with Gasteiger partial charge in [-0.25, -0.2) is 4.39 Å². The summed E-state index contributed by atoms with van der Waals surface area (Å²) in [7, 11) is 2.81. The van der Waals surface area contributed by atoms with Crippen LogP contribution < -0.4 is 15.2 Å². The number of carboxylic acid groups (broad SMARTS) is 1. The maximum Gasteiger partial charge on any atom is 0.303 e. The van der Waals surface area contributed by atoms with Gasteiger partial charge in [0.05, 0.1) is 19.8 Å². The van der Waals surface area contributed by atoms with Gasteiger partial charge in [-0.15, -0.1) is 0 Å². The highest BCUT2D eigenvalue weighted by atomic mass is 19.1. The minimum atomic E-state index is -0.979. The molecular formula is C12H16FNO4. The first kappa shape index (κ1) is 14.2. The molecule has 1 atom stereocenters. The van der Waals surface area contributed by atoms with Crippen molar-refractivity contribution >= 4 is 5.97 Å². The number of ether oxygens (including phenoxy) is 2. The SMILES string of the molecule is COc1ccc(F)c(C(N)CCC(=O)O)c1OC. The quantitative estimate of drug-likeness (QED) is 0.810. The molecule has 1 aromatic carbocycles. The Hall–Kier alpha value is -1.82. The van der Waals surface area contributed by atoms with E-state index in [4.69, 9.17) is 20.3 Å². The van der Waals surface area contributed by atoms with Gasteiger partial charge in [0.2, 0.25) is 0 Å². The van der Waals surface area contributed by atoms with Crippen molar-refractivity contribution in [1.29, 1.82) is 0 Å². The summed E-state index contributed by atoms with van der Waals surface area (Å²) in [6.07, 6.45) is -0.0171. The Kier molecular flexibility index (Phi) is 4.91. The van der Waals surface area contributed by atoms with Gasteiger partial charge < -0.3 is 20.3 Å². The first-order chi connectivity index (χ1) is 8.51. The molecule has 0 saturated carbocycles. The molecule has 6 heteroatoms. The number of methoxy groups -OCH3 is 2. The first-order valence-electron chi connectivity index (χ1n) is 5.39. The molecule has 3 N–H and O–H groups in total. The van der Waals surface area contributed by atoms with E-state index in [1.165, 1.54) is 26.4 Å². The molecule has 0 heterocycles. The number of aliphatic carboxylic acids is 1. The van der Waals surface area contributed by atoms with Crippen LogP contribution in [0.4, 0.5) is 4.39 Å². The maximum atomic E-state index is 13.8. The van der Waals surface area contributed by atoms with E-state index in [1.807, 2.05) is 0 Å². The van der Waals surface area contributed by atoms with Gasteiger partial charge in [-0.2, -0.15) is 0 Å². The van der Waals surface area contributed by atoms with Crippen LogP contribution in [0, 0.1) is 5.82 Å². The smallest absolute Gasteiger partial charge is 0.303 e. The molecule has 0 aromatic heterocycles. The molecule has 100 valence electrons. The number of hydrogen-bond donors (Lipinski definition) is 2. The zero-order chi connectivity index (χ0) is 13.7. The van der Waals surface area contributed by atoms with Crippen molar-refractivity contribution in [2.75, 3.05) is 14.2 Å². The number of hydrogen-bond acceptors (Lipinski definition) is 4. The number of nitrogens with two attached hydrogens (primary N) is 1. The Morgan fingerprint density at radius 1 is 1.44 bits per heavy atom. The van der Waals surface area contributed by atoms with Crippen LogP contribution in [0.1, 0.15) is 24.4 Å². The molecule has 5 nitrogen and oxygen atoms in total. The minimum Gasteiger partial charge on any atom is -0.493 e. The third-order valence-electron chi connectivity index (χ3n) is 2.57. The average Bonchev–Trinajstić information content (AvgIpc) is 2.35. The van der Waals surface area contributed by atoms with Crippen molar-refractivity contribution in [2.24, 2.45) is 5.73 Å². The fourth-order valence-corrected chi connectivity index (χ4v) is 1.70. The van der Waals surface area contributed by atoms with Gasteiger partial charge in [-0.05, 0) is 18.6 Å². The number of carbonyl (C=O) groups is 1. The van der Waals surface area contributed by atoms with Crippen molar-refractivity contribution in [3.63, 3.8) is 0 Å². The zero-order valence-corrected chi connectivity index (χ0v) is 10.3. The third-order valence-corrected chi connectivity index (χ3v) is 2.57. The van der Waals surface area contributed by atoms with Crippen LogP contribution in [0.25, 0.3) is 0 Å². The van der Waals surface area contributed by atoms with Gasteiger partial charge in [0.15, 0.2) is 11.5 Å². The normalized spacial score (nSPS) is 12.0. The van der Waals surface area contributed by atoms with Crippen molar-refractivity contribution < 1.29 is 23.8 Å². The van der Waals surface area contributed by atoms with E-state index in [9.17, 15) is 9.18 Å². The molecule has 0 fully saturated rings. The van der Waals surface area contributed by atoms with Gasteiger partial charge in [0.25, 0.3) is 0 Å². The van der Waals surface area contributed by atoms with Crippen molar-refractivity contribution in [3.05, 3.63) is 23.5 Å². The molecule has 0 saturated heterocycles. The Balaban J connectivity index is 3.08. The van der Waals surface area contributed by atoms with Crippen LogP contribution in [-0.2, 0) is 4.79 Å². The van der Waals surface area contributed by atoms with E-state index >= 15 is 0 Å². The highest BCUT2D eigenvalue weighted by molar-refractivity contribution is 5.66. The summed E-state index contributed by atoms with van der Waals surface area (Å²) in [4.78, 5) is 10.5. The summed E-state index contributed by atoms with van der Waals surface area (Å²) in [5.74, 6) is -0.951. The van der Waals surface area contributed by atoms with Crippen LogP contribution in [0.15, 0.2) is 12.1 Å². The topological polar surface area (TPSA) is 81.8 Å². The van der Waals surface area contributed by atoms with E-state index in [2.05, 4.69) is 0 Å². The predicted octanol–water partition coefficient (Wildman–Crippen LogP) is 1.71. The second kappa shape index (κ2) is 6.20. The Morgan fingerprint density at radius 2 is 2.11 bits per heavy atom. The van der Waals surface area contributed by atoms with Gasteiger partial charge in [-0.3, -0.25) is 4.79 Å². The first-order valence-corrected chi connectivity index (χ1v) is 5.39. The standard InChI is InChI=1S/C12H16FNO4/c1-17-9-5-3-7(13)11(12(9)18-2)8(14)4-6-10(15)16/h3,5,8H,4,6,14H2,1-2H3,(H,15,16). The number of benzene rings is 1. The molecule has 0 spiro atoms. The fourth-order valence-electron chi connectivity index (χ4n) is 1.70. The molecule has 0 amide bonds. The summed E-state index contributed by atoms with van der Waals surface area (Å²) in [6.45, 7) is 0.